The molecule has 0 amide bonds. The highest BCUT2D eigenvalue weighted by Gasteiger charge is 2.52. The Morgan fingerprint density at radius 1 is 1.00 bits per heavy atom. The molecular formula is C28H25Cl2N3O4S. The molecule has 0 bridgehead atoms. The van der Waals surface area contributed by atoms with Crippen molar-refractivity contribution in [2.24, 2.45) is 0 Å². The number of hydrogen-bond donors (Lipinski definition) is 0. The second-order valence-corrected chi connectivity index (χ2v) is 12.6. The fourth-order valence-electron chi connectivity index (χ4n) is 4.49. The molecule has 1 fully saturated rings. The van der Waals surface area contributed by atoms with Gasteiger partial charge in [-0.15, -0.1) is 0 Å². The molecule has 0 atom stereocenters. The van der Waals surface area contributed by atoms with Gasteiger partial charge in [-0.05, 0) is 61.2 Å². The van der Waals surface area contributed by atoms with Gasteiger partial charge < -0.3 is 4.52 Å². The molecule has 2 aromatic carbocycles. The van der Waals surface area contributed by atoms with E-state index in [1.807, 2.05) is 31.2 Å². The number of aromatic nitrogens is 3. The van der Waals surface area contributed by atoms with E-state index in [2.05, 4.69) is 15.1 Å². The maximum absolute atomic E-state index is 12.8. The summed E-state index contributed by atoms with van der Waals surface area (Å²) in [6.45, 7) is 3.58. The zero-order valence-corrected chi connectivity index (χ0v) is 23.2. The van der Waals surface area contributed by atoms with Gasteiger partial charge in [0.2, 0.25) is 0 Å². The number of aryl methyl sites for hydroxylation is 1. The highest BCUT2D eigenvalue weighted by atomic mass is 35.5. The van der Waals surface area contributed by atoms with Crippen molar-refractivity contribution in [2.75, 3.05) is 5.75 Å². The average Bonchev–Trinajstić information content (AvgIpc) is 3.51. The number of carbonyl (C=O) groups excluding carboxylic acids is 1. The smallest absolute Gasteiger partial charge is 0.257 e. The summed E-state index contributed by atoms with van der Waals surface area (Å²) >= 11 is 13.4. The first-order chi connectivity index (χ1) is 18.1. The number of halogens is 2. The van der Waals surface area contributed by atoms with Crippen LogP contribution in [0.15, 0.2) is 64.3 Å². The second-order valence-electron chi connectivity index (χ2n) is 9.61. The lowest BCUT2D eigenvalue weighted by Crippen LogP contribution is -2.14. The van der Waals surface area contributed by atoms with E-state index in [1.54, 1.807) is 25.1 Å². The van der Waals surface area contributed by atoms with E-state index < -0.39 is 15.3 Å². The third-order valence-corrected chi connectivity index (χ3v) is 9.02. The minimum atomic E-state index is -3.39. The molecule has 1 saturated carbocycles. The summed E-state index contributed by atoms with van der Waals surface area (Å²) in [4.78, 5) is 21.4. The Bertz CT molecular complexity index is 1590. The van der Waals surface area contributed by atoms with Crippen molar-refractivity contribution in [3.05, 3.63) is 92.9 Å². The molecule has 0 radical (unpaired) electrons. The Balaban J connectivity index is 1.32. The van der Waals surface area contributed by atoms with Crippen LogP contribution in [-0.4, -0.2) is 35.1 Å². The molecule has 1 aliphatic carbocycles. The van der Waals surface area contributed by atoms with E-state index in [1.165, 1.54) is 12.3 Å². The first kappa shape index (κ1) is 26.5. The second kappa shape index (κ2) is 10.2. The van der Waals surface area contributed by atoms with Gasteiger partial charge in [-0.2, -0.15) is 4.98 Å². The molecule has 2 aromatic heterocycles. The van der Waals surface area contributed by atoms with E-state index in [0.29, 0.717) is 32.9 Å². The molecule has 7 nitrogen and oxygen atoms in total. The minimum absolute atomic E-state index is 0.00643. The number of ketones is 1. The van der Waals surface area contributed by atoms with Crippen molar-refractivity contribution >= 4 is 38.8 Å². The molecule has 0 saturated heterocycles. The predicted octanol–water partition coefficient (Wildman–Crippen LogP) is 5.97. The highest BCUT2D eigenvalue weighted by molar-refractivity contribution is 7.91. The summed E-state index contributed by atoms with van der Waals surface area (Å²) in [5.74, 6) is 0.884. The first-order valence-corrected chi connectivity index (χ1v) is 14.6. The van der Waals surface area contributed by atoms with Gasteiger partial charge in [0.15, 0.2) is 20.7 Å². The van der Waals surface area contributed by atoms with Crippen LogP contribution in [0.25, 0.3) is 11.5 Å². The molecule has 0 spiro atoms. The summed E-state index contributed by atoms with van der Waals surface area (Å²) < 4.78 is 29.4. The van der Waals surface area contributed by atoms with Crippen LogP contribution in [0.5, 0.6) is 0 Å². The number of benzene rings is 2. The summed E-state index contributed by atoms with van der Waals surface area (Å²) in [5, 5.41) is 5.17. The number of Topliss-reactive ketones (excluding diaryl/α,β-unsaturated/α-hetero) is 1. The standard InChI is InChI=1S/C28H25Cl2N3O4S/c1-3-38(35,36)24-9-6-18(16-31-24)12-21(34)13-19-14-22(29)25(23(30)15-19)28(10-11-28)27-32-26(37-33-27)20-7-4-17(2)5-8-20/h4-9,14-16H,3,10-13H2,1-2H3. The third-order valence-electron chi connectivity index (χ3n) is 6.78. The molecule has 38 heavy (non-hydrogen) atoms. The molecule has 196 valence electrons. The summed E-state index contributed by atoms with van der Waals surface area (Å²) in [5.41, 5.74) is 3.53. The topological polar surface area (TPSA) is 103 Å². The number of sulfone groups is 1. The molecular weight excluding hydrogens is 545 g/mol. The highest BCUT2D eigenvalue weighted by Crippen LogP contribution is 2.56. The molecule has 1 aliphatic rings. The lowest BCUT2D eigenvalue weighted by Gasteiger charge is -2.16. The van der Waals surface area contributed by atoms with Crippen molar-refractivity contribution in [1.29, 1.82) is 0 Å². The van der Waals surface area contributed by atoms with Crippen molar-refractivity contribution in [3.8, 4) is 11.5 Å². The predicted molar refractivity (Wildman–Crippen MR) is 145 cm³/mol. The number of nitrogens with zero attached hydrogens (tertiary/aromatic N) is 3. The number of rotatable bonds is 9. The summed E-state index contributed by atoms with van der Waals surface area (Å²) in [6.07, 6.45) is 3.24. The Labute approximate surface area is 231 Å². The number of hydrogen-bond acceptors (Lipinski definition) is 7. The fourth-order valence-corrected chi connectivity index (χ4v) is 6.17. The molecule has 4 aromatic rings. The van der Waals surface area contributed by atoms with Crippen molar-refractivity contribution in [2.45, 2.75) is 50.0 Å². The Morgan fingerprint density at radius 3 is 2.24 bits per heavy atom. The average molecular weight is 570 g/mol. The zero-order chi connectivity index (χ0) is 27.1. The van der Waals surface area contributed by atoms with Crippen LogP contribution < -0.4 is 0 Å². The van der Waals surface area contributed by atoms with Gasteiger partial charge >= 0.3 is 0 Å². The SMILES string of the molecule is CCS(=O)(=O)c1ccc(CC(=O)Cc2cc(Cl)c(C3(c4noc(-c5ccc(C)cc5)n4)CC3)c(Cl)c2)cn1. The van der Waals surface area contributed by atoms with Gasteiger partial charge in [0.1, 0.15) is 5.78 Å². The first-order valence-electron chi connectivity index (χ1n) is 12.2. The maximum Gasteiger partial charge on any atom is 0.257 e. The van der Waals surface area contributed by atoms with Crippen LogP contribution in [0.1, 0.15) is 47.8 Å². The van der Waals surface area contributed by atoms with Crippen LogP contribution in [0, 0.1) is 6.92 Å². The zero-order valence-electron chi connectivity index (χ0n) is 20.9. The number of pyridine rings is 1. The maximum atomic E-state index is 12.8. The van der Waals surface area contributed by atoms with Crippen molar-refractivity contribution in [1.82, 2.24) is 15.1 Å². The van der Waals surface area contributed by atoms with Crippen LogP contribution in [0.4, 0.5) is 0 Å². The Kier molecular flexibility index (Phi) is 7.15. The van der Waals surface area contributed by atoms with Gasteiger partial charge in [-0.3, -0.25) is 4.79 Å². The van der Waals surface area contributed by atoms with Crippen LogP contribution in [0.2, 0.25) is 10.0 Å². The molecule has 2 heterocycles. The Hall–Kier alpha value is -3.07. The molecule has 0 aliphatic heterocycles. The fraction of sp³-hybridized carbons (Fsp3) is 0.286. The third kappa shape index (κ3) is 5.25. The number of carbonyl (C=O) groups is 1. The van der Waals surface area contributed by atoms with E-state index in [9.17, 15) is 13.2 Å². The van der Waals surface area contributed by atoms with Crippen LogP contribution in [0.3, 0.4) is 0 Å². The van der Waals surface area contributed by atoms with Crippen LogP contribution >= 0.6 is 23.2 Å². The van der Waals surface area contributed by atoms with Crippen molar-refractivity contribution in [3.63, 3.8) is 0 Å². The lowest BCUT2D eigenvalue weighted by atomic mass is 9.92. The van der Waals surface area contributed by atoms with Gasteiger partial charge in [-0.1, -0.05) is 59.0 Å². The van der Waals surface area contributed by atoms with Gasteiger partial charge in [0.25, 0.3) is 5.89 Å². The minimum Gasteiger partial charge on any atom is -0.334 e. The lowest BCUT2D eigenvalue weighted by molar-refractivity contribution is -0.117. The molecule has 5 rings (SSSR count). The van der Waals surface area contributed by atoms with E-state index >= 15 is 0 Å². The Morgan fingerprint density at radius 2 is 1.66 bits per heavy atom. The van der Waals surface area contributed by atoms with E-state index in [-0.39, 0.29) is 29.4 Å². The quantitative estimate of drug-likeness (QED) is 0.244. The summed E-state index contributed by atoms with van der Waals surface area (Å²) in [7, 11) is -3.39. The van der Waals surface area contributed by atoms with Crippen LogP contribution in [-0.2, 0) is 32.9 Å². The van der Waals surface area contributed by atoms with E-state index in [4.69, 9.17) is 27.7 Å². The molecule has 0 N–H and O–H groups in total. The van der Waals surface area contributed by atoms with Crippen molar-refractivity contribution < 1.29 is 17.7 Å². The van der Waals surface area contributed by atoms with Gasteiger partial charge in [-0.25, -0.2) is 13.4 Å². The molecule has 0 unspecified atom stereocenters. The largest absolute Gasteiger partial charge is 0.334 e. The monoisotopic (exact) mass is 569 g/mol. The van der Waals surface area contributed by atoms with Gasteiger partial charge in [0.05, 0.1) is 11.2 Å². The molecule has 10 heteroatoms. The summed E-state index contributed by atoms with van der Waals surface area (Å²) in [6, 6.07) is 14.4. The van der Waals surface area contributed by atoms with Gasteiger partial charge in [0, 0.05) is 40.2 Å². The van der Waals surface area contributed by atoms with E-state index in [0.717, 1.165) is 29.5 Å². The normalized spacial score (nSPS) is 14.4.